The lowest BCUT2D eigenvalue weighted by Crippen LogP contribution is -2.04. The highest BCUT2D eigenvalue weighted by Crippen LogP contribution is 2.29. The van der Waals surface area contributed by atoms with Gasteiger partial charge in [0.25, 0.3) is 0 Å². The van der Waals surface area contributed by atoms with Crippen LogP contribution in [0.4, 0.5) is 5.69 Å². The van der Waals surface area contributed by atoms with Gasteiger partial charge in [0.15, 0.2) is 0 Å². The molecule has 0 aliphatic carbocycles. The first-order valence-corrected chi connectivity index (χ1v) is 7.27. The van der Waals surface area contributed by atoms with Gasteiger partial charge in [0.2, 0.25) is 0 Å². The molecule has 0 bridgehead atoms. The smallest absolute Gasteiger partial charge is 0.142 e. The summed E-state index contributed by atoms with van der Waals surface area (Å²) in [4.78, 5) is 4.21. The first-order chi connectivity index (χ1) is 10.2. The second-order valence-corrected chi connectivity index (χ2v) is 4.75. The summed E-state index contributed by atoms with van der Waals surface area (Å²) in [6.07, 6.45) is 3.72. The van der Waals surface area contributed by atoms with Crippen LogP contribution in [0.2, 0.25) is 0 Å². The zero-order chi connectivity index (χ0) is 15.1. The Morgan fingerprint density at radius 2 is 1.86 bits per heavy atom. The van der Waals surface area contributed by atoms with Gasteiger partial charge < -0.3 is 14.8 Å². The number of nitrogens with one attached hydrogen (secondary N) is 1. The minimum absolute atomic E-state index is 0.634. The summed E-state index contributed by atoms with van der Waals surface area (Å²) in [6, 6.07) is 7.95. The molecule has 0 amide bonds. The fourth-order valence-corrected chi connectivity index (χ4v) is 2.10. The van der Waals surface area contributed by atoms with Crippen LogP contribution >= 0.6 is 0 Å². The Kier molecular flexibility index (Phi) is 5.43. The fourth-order valence-electron chi connectivity index (χ4n) is 2.10. The molecule has 1 N–H and O–H groups in total. The average Bonchev–Trinajstić information content (AvgIpc) is 2.48. The Hall–Kier alpha value is -2.23. The molecule has 0 aliphatic heterocycles. The van der Waals surface area contributed by atoms with E-state index in [1.54, 1.807) is 0 Å². The highest BCUT2D eigenvalue weighted by molar-refractivity contribution is 5.60. The van der Waals surface area contributed by atoms with Crippen LogP contribution in [-0.2, 0) is 6.54 Å². The van der Waals surface area contributed by atoms with Gasteiger partial charge in [-0.1, -0.05) is 6.07 Å². The van der Waals surface area contributed by atoms with Gasteiger partial charge in [-0.05, 0) is 44.0 Å². The summed E-state index contributed by atoms with van der Waals surface area (Å²) in [6.45, 7) is 7.97. The molecule has 112 valence electrons. The van der Waals surface area contributed by atoms with Gasteiger partial charge >= 0.3 is 0 Å². The number of ether oxygens (including phenoxy) is 2. The number of benzene rings is 1. The van der Waals surface area contributed by atoms with E-state index in [1.807, 2.05) is 51.4 Å². The number of rotatable bonds is 7. The van der Waals surface area contributed by atoms with Crippen molar-refractivity contribution in [1.82, 2.24) is 4.98 Å². The third-order valence-electron chi connectivity index (χ3n) is 2.98. The average molecular weight is 286 g/mol. The summed E-state index contributed by atoms with van der Waals surface area (Å²) in [7, 11) is 0. The lowest BCUT2D eigenvalue weighted by molar-refractivity contribution is 0.332. The third-order valence-corrected chi connectivity index (χ3v) is 2.98. The van der Waals surface area contributed by atoms with Crippen molar-refractivity contribution in [2.24, 2.45) is 0 Å². The molecule has 0 spiro atoms. The lowest BCUT2D eigenvalue weighted by Gasteiger charge is -2.14. The highest BCUT2D eigenvalue weighted by atomic mass is 16.5. The number of hydrogen-bond donors (Lipinski definition) is 1. The molecule has 4 heteroatoms. The molecule has 0 saturated heterocycles. The second-order valence-electron chi connectivity index (χ2n) is 4.75. The van der Waals surface area contributed by atoms with Crippen LogP contribution in [0.25, 0.3) is 0 Å². The van der Waals surface area contributed by atoms with Crippen LogP contribution in [-0.4, -0.2) is 18.2 Å². The molecule has 4 nitrogen and oxygen atoms in total. The number of anilines is 1. The van der Waals surface area contributed by atoms with Crippen molar-refractivity contribution < 1.29 is 9.47 Å². The molecule has 0 radical (unpaired) electrons. The second kappa shape index (κ2) is 7.53. The molecule has 1 aromatic carbocycles. The molecule has 21 heavy (non-hydrogen) atoms. The van der Waals surface area contributed by atoms with Crippen molar-refractivity contribution in [3.8, 4) is 11.5 Å². The zero-order valence-electron chi connectivity index (χ0n) is 12.8. The minimum Gasteiger partial charge on any atom is -0.494 e. The van der Waals surface area contributed by atoms with Crippen molar-refractivity contribution in [2.75, 3.05) is 18.5 Å². The van der Waals surface area contributed by atoms with Crippen molar-refractivity contribution in [2.45, 2.75) is 27.3 Å². The Morgan fingerprint density at radius 1 is 1.05 bits per heavy atom. The third kappa shape index (κ3) is 4.38. The minimum atomic E-state index is 0.634. The summed E-state index contributed by atoms with van der Waals surface area (Å²) in [5.41, 5.74) is 3.23. The molecule has 2 rings (SSSR count). The maximum atomic E-state index is 5.65. The molecular formula is C17H22N2O2. The molecule has 0 fully saturated rings. The molecule has 0 atom stereocenters. The highest BCUT2D eigenvalue weighted by Gasteiger charge is 2.06. The van der Waals surface area contributed by atoms with Crippen molar-refractivity contribution >= 4 is 5.69 Å². The van der Waals surface area contributed by atoms with Crippen LogP contribution in [0.1, 0.15) is 25.0 Å². The topological polar surface area (TPSA) is 43.4 Å². The van der Waals surface area contributed by atoms with E-state index in [4.69, 9.17) is 9.47 Å². The standard InChI is InChI=1S/C17H22N2O2/c1-4-20-15-6-7-17(21-5-2)16(9-15)19-12-14-8-13(3)10-18-11-14/h6-11,19H,4-5,12H2,1-3H3. The summed E-state index contributed by atoms with van der Waals surface area (Å²) < 4.78 is 11.2. The van der Waals surface area contributed by atoms with Crippen LogP contribution in [0.15, 0.2) is 36.7 Å². The predicted molar refractivity (Wildman–Crippen MR) is 85.1 cm³/mol. The number of nitrogens with zero attached hydrogens (tertiary/aromatic N) is 1. The molecular weight excluding hydrogens is 264 g/mol. The van der Waals surface area contributed by atoms with E-state index in [2.05, 4.69) is 16.4 Å². The first kappa shape index (κ1) is 15.2. The molecule has 2 aromatic rings. The molecule has 0 unspecified atom stereocenters. The summed E-state index contributed by atoms with van der Waals surface area (Å²) in [5, 5.41) is 3.40. The molecule has 1 aromatic heterocycles. The zero-order valence-corrected chi connectivity index (χ0v) is 12.8. The normalized spacial score (nSPS) is 10.2. The van der Waals surface area contributed by atoms with Crippen molar-refractivity contribution in [3.05, 3.63) is 47.8 Å². The maximum absolute atomic E-state index is 5.65. The van der Waals surface area contributed by atoms with E-state index < -0.39 is 0 Å². The van der Waals surface area contributed by atoms with E-state index in [9.17, 15) is 0 Å². The van der Waals surface area contributed by atoms with E-state index in [0.717, 1.165) is 28.3 Å². The van der Waals surface area contributed by atoms with Gasteiger partial charge in [0, 0.05) is 25.0 Å². The number of pyridine rings is 1. The van der Waals surface area contributed by atoms with Crippen LogP contribution in [0, 0.1) is 6.92 Å². The number of hydrogen-bond acceptors (Lipinski definition) is 4. The fraction of sp³-hybridized carbons (Fsp3) is 0.353. The van der Waals surface area contributed by atoms with Crippen molar-refractivity contribution in [3.63, 3.8) is 0 Å². The van der Waals surface area contributed by atoms with Gasteiger partial charge in [-0.25, -0.2) is 0 Å². The Labute approximate surface area is 126 Å². The SMILES string of the molecule is CCOc1ccc(OCC)c(NCc2cncc(C)c2)c1. The van der Waals surface area contributed by atoms with E-state index >= 15 is 0 Å². The predicted octanol–water partition coefficient (Wildman–Crippen LogP) is 3.80. The lowest BCUT2D eigenvalue weighted by atomic mass is 10.2. The summed E-state index contributed by atoms with van der Waals surface area (Å²) >= 11 is 0. The van der Waals surface area contributed by atoms with Crippen molar-refractivity contribution in [1.29, 1.82) is 0 Å². The maximum Gasteiger partial charge on any atom is 0.142 e. The van der Waals surface area contributed by atoms with Gasteiger partial charge in [0.05, 0.1) is 18.9 Å². The quantitative estimate of drug-likeness (QED) is 0.840. The van der Waals surface area contributed by atoms with E-state index in [0.29, 0.717) is 19.8 Å². The largest absolute Gasteiger partial charge is 0.494 e. The molecule has 1 heterocycles. The van der Waals surface area contributed by atoms with Gasteiger partial charge in [-0.3, -0.25) is 4.98 Å². The van der Waals surface area contributed by atoms with E-state index in [-0.39, 0.29) is 0 Å². The Balaban J connectivity index is 2.14. The van der Waals surface area contributed by atoms with Crippen LogP contribution in [0.5, 0.6) is 11.5 Å². The van der Waals surface area contributed by atoms with Gasteiger partial charge in [-0.2, -0.15) is 0 Å². The monoisotopic (exact) mass is 286 g/mol. The van der Waals surface area contributed by atoms with Crippen LogP contribution in [0.3, 0.4) is 0 Å². The van der Waals surface area contributed by atoms with E-state index in [1.165, 1.54) is 0 Å². The van der Waals surface area contributed by atoms with Crippen LogP contribution < -0.4 is 14.8 Å². The number of aryl methyl sites for hydroxylation is 1. The van der Waals surface area contributed by atoms with Gasteiger partial charge in [-0.15, -0.1) is 0 Å². The number of aromatic nitrogens is 1. The Morgan fingerprint density at radius 3 is 2.57 bits per heavy atom. The molecule has 0 aliphatic rings. The van der Waals surface area contributed by atoms with Gasteiger partial charge in [0.1, 0.15) is 11.5 Å². The Bertz CT molecular complexity index is 585. The first-order valence-electron chi connectivity index (χ1n) is 7.27. The molecule has 0 saturated carbocycles. The summed E-state index contributed by atoms with van der Waals surface area (Å²) in [5.74, 6) is 1.67.